The van der Waals surface area contributed by atoms with Crippen LogP contribution in [0.15, 0.2) is 191 Å². The molecule has 0 N–H and O–H groups in total. The Morgan fingerprint density at radius 1 is 0.377 bits per heavy atom. The molecule has 11 aromatic rings. The molecule has 0 aliphatic carbocycles. The van der Waals surface area contributed by atoms with Crippen LogP contribution in [0.2, 0.25) is 0 Å². The molecule has 2 aromatic heterocycles. The molecule has 0 atom stereocenters. The predicted octanol–water partition coefficient (Wildman–Crippen LogP) is 14.0. The molecule has 0 radical (unpaired) electrons. The molecule has 0 amide bonds. The van der Waals surface area contributed by atoms with Gasteiger partial charge in [-0.3, -0.25) is 0 Å². The molecule has 11 rings (SSSR count). The lowest BCUT2D eigenvalue weighted by Gasteiger charge is -2.26. The summed E-state index contributed by atoms with van der Waals surface area (Å²) in [7, 11) is 0. The highest BCUT2D eigenvalue weighted by Gasteiger charge is 2.19. The largest absolute Gasteiger partial charge is 0.456 e. The van der Waals surface area contributed by atoms with Gasteiger partial charge in [-0.25, -0.2) is 4.98 Å². The van der Waals surface area contributed by atoms with Gasteiger partial charge in [-0.15, -0.1) is 0 Å². The maximum absolute atomic E-state index is 6.57. The van der Waals surface area contributed by atoms with Crippen molar-refractivity contribution in [3.63, 3.8) is 0 Å². The normalized spacial score (nSPS) is 11.8. The van der Waals surface area contributed by atoms with Crippen LogP contribution in [0.5, 0.6) is 0 Å². The molecule has 0 saturated heterocycles. The fourth-order valence-electron chi connectivity index (χ4n) is 7.91. The van der Waals surface area contributed by atoms with Crippen LogP contribution in [-0.2, 0) is 0 Å². The third-order valence-electron chi connectivity index (χ3n) is 10.5. The second-order valence-electron chi connectivity index (χ2n) is 13.6. The van der Waals surface area contributed by atoms with E-state index in [0.717, 1.165) is 88.0 Å². The van der Waals surface area contributed by atoms with E-state index in [0.29, 0.717) is 5.89 Å². The third-order valence-corrected chi connectivity index (χ3v) is 10.5. The zero-order valence-electron chi connectivity index (χ0n) is 28.5. The molecule has 0 saturated carbocycles. The number of nitrogens with zero attached hydrogens (tertiary/aromatic N) is 2. The number of para-hydroxylation sites is 1. The van der Waals surface area contributed by atoms with E-state index in [1.807, 2.05) is 42.5 Å². The third kappa shape index (κ3) is 4.80. The van der Waals surface area contributed by atoms with Crippen LogP contribution in [0.4, 0.5) is 17.1 Å². The van der Waals surface area contributed by atoms with Crippen molar-refractivity contribution in [2.75, 3.05) is 4.90 Å². The smallest absolute Gasteiger partial charge is 0.227 e. The summed E-state index contributed by atoms with van der Waals surface area (Å²) >= 11 is 0. The van der Waals surface area contributed by atoms with Crippen molar-refractivity contribution in [3.05, 3.63) is 182 Å². The van der Waals surface area contributed by atoms with Crippen LogP contribution < -0.4 is 4.90 Å². The van der Waals surface area contributed by atoms with Crippen molar-refractivity contribution < 1.29 is 8.83 Å². The molecule has 0 spiro atoms. The second-order valence-corrected chi connectivity index (χ2v) is 13.6. The molecule has 53 heavy (non-hydrogen) atoms. The van der Waals surface area contributed by atoms with Gasteiger partial charge >= 0.3 is 0 Å². The molecule has 0 fully saturated rings. The molecule has 0 aliphatic rings. The molecule has 9 aromatic carbocycles. The van der Waals surface area contributed by atoms with Crippen LogP contribution in [0.3, 0.4) is 0 Å². The summed E-state index contributed by atoms with van der Waals surface area (Å²) in [5.41, 5.74) is 9.86. The van der Waals surface area contributed by atoms with E-state index in [2.05, 4.69) is 144 Å². The lowest BCUT2D eigenvalue weighted by Crippen LogP contribution is -2.09. The van der Waals surface area contributed by atoms with E-state index in [1.54, 1.807) is 0 Å². The number of hydrogen-bond donors (Lipinski definition) is 0. The fourth-order valence-corrected chi connectivity index (χ4v) is 7.91. The number of fused-ring (bicyclic) bond motifs is 10. The number of aromatic nitrogens is 1. The summed E-state index contributed by atoms with van der Waals surface area (Å²) in [6, 6.07) is 64.0. The predicted molar refractivity (Wildman–Crippen MR) is 219 cm³/mol. The number of anilines is 3. The van der Waals surface area contributed by atoms with Gasteiger partial charge < -0.3 is 13.7 Å². The molecule has 2 heterocycles. The Kier molecular flexibility index (Phi) is 6.52. The number of hydrogen-bond acceptors (Lipinski definition) is 4. The maximum Gasteiger partial charge on any atom is 0.227 e. The highest BCUT2D eigenvalue weighted by molar-refractivity contribution is 6.26. The Morgan fingerprint density at radius 3 is 1.75 bits per heavy atom. The van der Waals surface area contributed by atoms with Gasteiger partial charge in [-0.2, -0.15) is 0 Å². The number of furan rings is 1. The van der Waals surface area contributed by atoms with Crippen molar-refractivity contribution in [1.82, 2.24) is 4.98 Å². The van der Waals surface area contributed by atoms with Gasteiger partial charge in [0.2, 0.25) is 5.89 Å². The zero-order valence-corrected chi connectivity index (χ0v) is 28.5. The minimum absolute atomic E-state index is 0.628. The van der Waals surface area contributed by atoms with Gasteiger partial charge in [-0.1, -0.05) is 115 Å². The summed E-state index contributed by atoms with van der Waals surface area (Å²) < 4.78 is 12.9. The molecule has 4 heteroatoms. The lowest BCUT2D eigenvalue weighted by molar-refractivity contribution is 0.623. The number of benzene rings is 9. The lowest BCUT2D eigenvalue weighted by atomic mass is 9.95. The SMILES string of the molecule is c1ccc(-c2ccc(N(c3ccc4c(ccc5ccc6ccc7nc(-c8ccccc8)oc7c6c54)c3)c3ccc4c(c3)oc3ccccc34)cc2)cc1. The average molecular weight is 679 g/mol. The molecule has 0 unspecified atom stereocenters. The van der Waals surface area contributed by atoms with Gasteiger partial charge in [0.05, 0.1) is 0 Å². The van der Waals surface area contributed by atoms with E-state index < -0.39 is 0 Å². The van der Waals surface area contributed by atoms with Crippen molar-refractivity contribution >= 4 is 82.4 Å². The fraction of sp³-hybridized carbons (Fsp3) is 0. The van der Waals surface area contributed by atoms with Crippen LogP contribution in [-0.4, -0.2) is 4.98 Å². The summed E-state index contributed by atoms with van der Waals surface area (Å²) in [4.78, 5) is 7.22. The van der Waals surface area contributed by atoms with Crippen LogP contribution in [0, 0.1) is 0 Å². The van der Waals surface area contributed by atoms with Crippen molar-refractivity contribution in [1.29, 1.82) is 0 Å². The Labute approximate surface area is 304 Å². The van der Waals surface area contributed by atoms with Gasteiger partial charge in [-0.05, 0) is 93.3 Å². The molecule has 4 nitrogen and oxygen atoms in total. The number of rotatable bonds is 5. The van der Waals surface area contributed by atoms with E-state index in [-0.39, 0.29) is 0 Å². The quantitative estimate of drug-likeness (QED) is 0.170. The minimum atomic E-state index is 0.628. The van der Waals surface area contributed by atoms with Gasteiger partial charge in [0.15, 0.2) is 5.58 Å². The zero-order chi connectivity index (χ0) is 34.9. The Bertz CT molecular complexity index is 3160. The first-order chi connectivity index (χ1) is 26.2. The van der Waals surface area contributed by atoms with E-state index in [1.165, 1.54) is 11.1 Å². The van der Waals surface area contributed by atoms with Crippen LogP contribution in [0.25, 0.3) is 87.9 Å². The van der Waals surface area contributed by atoms with Gasteiger partial charge in [0, 0.05) is 50.2 Å². The highest BCUT2D eigenvalue weighted by atomic mass is 16.3. The minimum Gasteiger partial charge on any atom is -0.456 e. The van der Waals surface area contributed by atoms with E-state index in [9.17, 15) is 0 Å². The summed E-state index contributed by atoms with van der Waals surface area (Å²) in [6.07, 6.45) is 0. The first kappa shape index (κ1) is 29.5. The van der Waals surface area contributed by atoms with Crippen LogP contribution in [0.1, 0.15) is 0 Å². The average Bonchev–Trinajstić information content (AvgIpc) is 3.83. The van der Waals surface area contributed by atoms with E-state index >= 15 is 0 Å². The topological polar surface area (TPSA) is 42.4 Å². The Morgan fingerprint density at radius 2 is 0.962 bits per heavy atom. The van der Waals surface area contributed by atoms with Gasteiger partial charge in [0.25, 0.3) is 0 Å². The first-order valence-electron chi connectivity index (χ1n) is 17.9. The molecule has 248 valence electrons. The molecule has 0 bridgehead atoms. The van der Waals surface area contributed by atoms with Crippen molar-refractivity contribution in [2.45, 2.75) is 0 Å². The highest BCUT2D eigenvalue weighted by Crippen LogP contribution is 2.43. The summed E-state index contributed by atoms with van der Waals surface area (Å²) in [5, 5.41) is 9.05. The Balaban J connectivity index is 1.11. The van der Waals surface area contributed by atoms with Gasteiger partial charge in [0.1, 0.15) is 16.7 Å². The van der Waals surface area contributed by atoms with E-state index in [4.69, 9.17) is 13.8 Å². The van der Waals surface area contributed by atoms with Crippen LogP contribution >= 0.6 is 0 Å². The van der Waals surface area contributed by atoms with Crippen molar-refractivity contribution in [2.24, 2.45) is 0 Å². The van der Waals surface area contributed by atoms with Crippen molar-refractivity contribution in [3.8, 4) is 22.6 Å². The standard InChI is InChI=1S/C49H30N2O2/c1-3-9-31(10-4-1)32-19-22-37(23-20-32)51(39-25-27-42-41-13-7-8-14-44(41)52-45(42)30-39)38-24-26-40-36(29-38)18-17-33-15-16-34-21-28-43-48(47(34)46(33)40)53-49(50-43)35-11-5-2-6-12-35/h1-30H. The Hall–Kier alpha value is -7.17. The summed E-state index contributed by atoms with van der Waals surface area (Å²) in [6.45, 7) is 0. The first-order valence-corrected chi connectivity index (χ1v) is 17.9. The maximum atomic E-state index is 6.57. The summed E-state index contributed by atoms with van der Waals surface area (Å²) in [5.74, 6) is 0.628. The molecule has 0 aliphatic heterocycles. The number of oxazole rings is 1. The molecular formula is C49H30N2O2. The molecular weight excluding hydrogens is 649 g/mol. The monoisotopic (exact) mass is 678 g/mol. The second kappa shape index (κ2) is 11.7.